The van der Waals surface area contributed by atoms with E-state index in [1.165, 1.54) is 13.5 Å². The van der Waals surface area contributed by atoms with Crippen molar-refractivity contribution in [3.63, 3.8) is 0 Å². The molecule has 1 aliphatic heterocycles. The van der Waals surface area contributed by atoms with Crippen LogP contribution in [0, 0.1) is 5.92 Å². The molecule has 0 bridgehead atoms. The predicted molar refractivity (Wildman–Crippen MR) is 106 cm³/mol. The number of nitrogens with one attached hydrogen (secondary N) is 1. The molecule has 0 aromatic heterocycles. The lowest BCUT2D eigenvalue weighted by atomic mass is 9.96. The number of ether oxygens (including phenoxy) is 2. The lowest BCUT2D eigenvalue weighted by Gasteiger charge is -2.33. The summed E-state index contributed by atoms with van der Waals surface area (Å²) in [7, 11) is 1.46. The highest BCUT2D eigenvalue weighted by Crippen LogP contribution is 2.28. The number of benzene rings is 1. The number of piperidine rings is 1. The van der Waals surface area contributed by atoms with Crippen LogP contribution in [0.15, 0.2) is 29.3 Å². The van der Waals surface area contributed by atoms with Gasteiger partial charge in [-0.1, -0.05) is 18.2 Å². The Kier molecular flexibility index (Phi) is 6.96. The van der Waals surface area contributed by atoms with Crippen molar-refractivity contribution < 1.29 is 14.3 Å². The first-order valence-corrected chi connectivity index (χ1v) is 10.1. The van der Waals surface area contributed by atoms with Crippen LogP contribution in [-0.2, 0) is 16.1 Å². The molecule has 2 fully saturated rings. The summed E-state index contributed by atoms with van der Waals surface area (Å²) in [5.41, 5.74) is 1.12. The van der Waals surface area contributed by atoms with Crippen LogP contribution in [0.1, 0.15) is 44.6 Å². The maximum atomic E-state index is 11.7. The second kappa shape index (κ2) is 9.62. The normalized spacial score (nSPS) is 18.7. The van der Waals surface area contributed by atoms with Crippen LogP contribution in [0.2, 0.25) is 0 Å². The summed E-state index contributed by atoms with van der Waals surface area (Å²) in [6, 6.07) is 8.18. The molecule has 0 spiro atoms. The van der Waals surface area contributed by atoms with E-state index in [1.54, 1.807) is 0 Å². The summed E-state index contributed by atoms with van der Waals surface area (Å²) in [6.07, 6.45) is 5.53. The number of carbonyl (C=O) groups excluding carboxylic acids is 1. The Labute approximate surface area is 161 Å². The van der Waals surface area contributed by atoms with Crippen molar-refractivity contribution in [1.29, 1.82) is 0 Å². The van der Waals surface area contributed by atoms with Gasteiger partial charge < -0.3 is 19.7 Å². The summed E-state index contributed by atoms with van der Waals surface area (Å²) in [6.45, 7) is 5.10. The van der Waals surface area contributed by atoms with Crippen LogP contribution >= 0.6 is 0 Å². The molecule has 0 amide bonds. The first kappa shape index (κ1) is 19.5. The maximum Gasteiger partial charge on any atom is 0.308 e. The van der Waals surface area contributed by atoms with Crippen molar-refractivity contribution in [3.05, 3.63) is 29.8 Å². The van der Waals surface area contributed by atoms with Crippen molar-refractivity contribution >= 4 is 11.9 Å². The van der Waals surface area contributed by atoms with Crippen LogP contribution in [0.25, 0.3) is 0 Å². The lowest BCUT2D eigenvalue weighted by Crippen LogP contribution is -2.46. The largest absolute Gasteiger partial charge is 0.490 e. The van der Waals surface area contributed by atoms with Crippen LogP contribution in [0.4, 0.5) is 0 Å². The van der Waals surface area contributed by atoms with Crippen molar-refractivity contribution in [2.24, 2.45) is 10.9 Å². The Morgan fingerprint density at radius 3 is 2.59 bits per heavy atom. The van der Waals surface area contributed by atoms with Gasteiger partial charge >= 0.3 is 5.97 Å². The molecular weight excluding hydrogens is 342 g/mol. The number of hydrogen-bond donors (Lipinski definition) is 1. The molecular formula is C21H31N3O3. The molecule has 1 saturated heterocycles. The molecule has 1 aliphatic carbocycles. The average Bonchev–Trinajstić information content (AvgIpc) is 2.68. The van der Waals surface area contributed by atoms with E-state index in [9.17, 15) is 4.79 Å². The van der Waals surface area contributed by atoms with Crippen molar-refractivity contribution in [2.75, 3.05) is 26.7 Å². The standard InChI is InChI=1S/C21H31N3O3/c1-3-22-21(24-13-11-16(12-14-24)20(25)26-2)23-15-17-7-4-5-10-19(17)27-18-8-6-9-18/h4-5,7,10,16,18H,3,6,8-9,11-15H2,1-2H3,(H,22,23). The smallest absolute Gasteiger partial charge is 0.308 e. The SMILES string of the molecule is CCNC(=NCc1ccccc1OC1CCC1)N1CCC(C(=O)OC)CC1. The quantitative estimate of drug-likeness (QED) is 0.472. The average molecular weight is 373 g/mol. The molecule has 1 aromatic carbocycles. The van der Waals surface area contributed by atoms with Gasteiger partial charge in [0.25, 0.3) is 0 Å². The number of nitrogens with zero attached hydrogens (tertiary/aromatic N) is 2. The van der Waals surface area contributed by atoms with Gasteiger partial charge in [-0.2, -0.15) is 0 Å². The summed E-state index contributed by atoms with van der Waals surface area (Å²) in [5, 5.41) is 3.38. The molecule has 6 nitrogen and oxygen atoms in total. The maximum absolute atomic E-state index is 11.7. The highest BCUT2D eigenvalue weighted by molar-refractivity contribution is 5.80. The molecule has 0 radical (unpaired) electrons. The Morgan fingerprint density at radius 1 is 1.22 bits per heavy atom. The van der Waals surface area contributed by atoms with E-state index in [1.807, 2.05) is 18.2 Å². The number of methoxy groups -OCH3 is 1. The monoisotopic (exact) mass is 373 g/mol. The number of likely N-dealkylation sites (tertiary alicyclic amines) is 1. The van der Waals surface area contributed by atoms with Crippen LogP contribution in [0.3, 0.4) is 0 Å². The highest BCUT2D eigenvalue weighted by atomic mass is 16.5. The number of hydrogen-bond acceptors (Lipinski definition) is 4. The Balaban J connectivity index is 1.63. The minimum absolute atomic E-state index is 0.00530. The van der Waals surface area contributed by atoms with Gasteiger partial charge in [0, 0.05) is 25.2 Å². The van der Waals surface area contributed by atoms with Crippen LogP contribution in [-0.4, -0.2) is 49.7 Å². The van der Waals surface area contributed by atoms with E-state index in [0.717, 1.165) is 62.6 Å². The first-order valence-electron chi connectivity index (χ1n) is 10.1. The van der Waals surface area contributed by atoms with Crippen LogP contribution < -0.4 is 10.1 Å². The molecule has 148 valence electrons. The fourth-order valence-electron chi connectivity index (χ4n) is 3.50. The van der Waals surface area contributed by atoms with E-state index in [4.69, 9.17) is 14.5 Å². The van der Waals surface area contributed by atoms with Crippen molar-refractivity contribution in [2.45, 2.75) is 51.7 Å². The van der Waals surface area contributed by atoms with Gasteiger partial charge in [-0.25, -0.2) is 4.99 Å². The summed E-state index contributed by atoms with van der Waals surface area (Å²) in [4.78, 5) is 18.8. The van der Waals surface area contributed by atoms with Gasteiger partial charge in [0.2, 0.25) is 0 Å². The third-order valence-electron chi connectivity index (χ3n) is 5.38. The van der Waals surface area contributed by atoms with E-state index < -0.39 is 0 Å². The van der Waals surface area contributed by atoms with Crippen molar-refractivity contribution in [3.8, 4) is 5.75 Å². The second-order valence-corrected chi connectivity index (χ2v) is 7.23. The molecule has 0 unspecified atom stereocenters. The van der Waals surface area contributed by atoms with Gasteiger partial charge in [0.15, 0.2) is 5.96 Å². The number of para-hydroxylation sites is 1. The molecule has 2 aliphatic rings. The molecule has 6 heteroatoms. The summed E-state index contributed by atoms with van der Waals surface area (Å²) in [5.74, 6) is 1.76. The molecule has 3 rings (SSSR count). The predicted octanol–water partition coefficient (Wildman–Crippen LogP) is 2.97. The fraction of sp³-hybridized carbons (Fsp3) is 0.619. The van der Waals surface area contributed by atoms with Gasteiger partial charge in [0.05, 0.1) is 25.7 Å². The minimum atomic E-state index is -0.0985. The molecule has 1 saturated carbocycles. The Morgan fingerprint density at radius 2 is 1.96 bits per heavy atom. The zero-order valence-electron chi connectivity index (χ0n) is 16.4. The topological polar surface area (TPSA) is 63.2 Å². The van der Waals surface area contributed by atoms with Gasteiger partial charge in [-0.05, 0) is 45.1 Å². The highest BCUT2D eigenvalue weighted by Gasteiger charge is 2.27. The molecule has 1 heterocycles. The van der Waals surface area contributed by atoms with E-state index in [2.05, 4.69) is 23.2 Å². The Bertz CT molecular complexity index is 650. The van der Waals surface area contributed by atoms with Gasteiger partial charge in [-0.15, -0.1) is 0 Å². The number of rotatable bonds is 6. The zero-order valence-corrected chi connectivity index (χ0v) is 16.4. The fourth-order valence-corrected chi connectivity index (χ4v) is 3.50. The zero-order chi connectivity index (χ0) is 19.1. The first-order chi connectivity index (χ1) is 13.2. The van der Waals surface area contributed by atoms with E-state index in [-0.39, 0.29) is 11.9 Å². The molecule has 27 heavy (non-hydrogen) atoms. The number of esters is 1. The number of aliphatic imine (C=N–C) groups is 1. The van der Waals surface area contributed by atoms with E-state index >= 15 is 0 Å². The Hall–Kier alpha value is -2.24. The third kappa shape index (κ3) is 5.15. The third-order valence-corrected chi connectivity index (χ3v) is 5.38. The molecule has 0 atom stereocenters. The summed E-state index contributed by atoms with van der Waals surface area (Å²) < 4.78 is 11.0. The summed E-state index contributed by atoms with van der Waals surface area (Å²) >= 11 is 0. The number of carbonyl (C=O) groups is 1. The van der Waals surface area contributed by atoms with Crippen molar-refractivity contribution in [1.82, 2.24) is 10.2 Å². The van der Waals surface area contributed by atoms with Gasteiger partial charge in [0.1, 0.15) is 5.75 Å². The molecule has 1 aromatic rings. The van der Waals surface area contributed by atoms with Crippen LogP contribution in [0.5, 0.6) is 5.75 Å². The second-order valence-electron chi connectivity index (χ2n) is 7.23. The minimum Gasteiger partial charge on any atom is -0.490 e. The number of guanidine groups is 1. The van der Waals surface area contributed by atoms with Gasteiger partial charge in [-0.3, -0.25) is 4.79 Å². The molecule has 1 N–H and O–H groups in total. The lowest BCUT2D eigenvalue weighted by molar-refractivity contribution is -0.146. The van der Waals surface area contributed by atoms with E-state index in [0.29, 0.717) is 12.6 Å².